The molecule has 0 aliphatic carbocycles. The van der Waals surface area contributed by atoms with E-state index in [4.69, 9.17) is 15.2 Å². The lowest BCUT2D eigenvalue weighted by molar-refractivity contribution is -0.142. The van der Waals surface area contributed by atoms with Crippen LogP contribution in [0.15, 0.2) is 0 Å². The van der Waals surface area contributed by atoms with Crippen LogP contribution < -0.4 is 5.73 Å². The fourth-order valence-electron chi connectivity index (χ4n) is 1.44. The van der Waals surface area contributed by atoms with Gasteiger partial charge in [-0.1, -0.05) is 0 Å². The van der Waals surface area contributed by atoms with Crippen LogP contribution in [0.1, 0.15) is 26.7 Å². The zero-order valence-electron chi connectivity index (χ0n) is 8.16. The van der Waals surface area contributed by atoms with Crippen LogP contribution in [0.2, 0.25) is 0 Å². The standard InChI is InChI=1S/C9H17NO3/c1-6(2)13-7-3-4-8(9(10)11)12-5-7/h6-8H,3-5H2,1-2H3,(H2,10,11). The van der Waals surface area contributed by atoms with Crippen molar-refractivity contribution in [1.29, 1.82) is 0 Å². The van der Waals surface area contributed by atoms with Gasteiger partial charge in [-0.25, -0.2) is 0 Å². The second kappa shape index (κ2) is 4.58. The first kappa shape index (κ1) is 10.5. The molecule has 0 aromatic heterocycles. The molecule has 1 amide bonds. The maximum Gasteiger partial charge on any atom is 0.246 e. The summed E-state index contributed by atoms with van der Waals surface area (Å²) in [4.78, 5) is 10.7. The molecule has 1 heterocycles. The van der Waals surface area contributed by atoms with E-state index in [9.17, 15) is 4.79 Å². The second-order valence-electron chi connectivity index (χ2n) is 3.61. The normalized spacial score (nSPS) is 29.2. The minimum Gasteiger partial charge on any atom is -0.373 e. The molecule has 4 heteroatoms. The number of hydrogen-bond donors (Lipinski definition) is 1. The maximum absolute atomic E-state index is 10.7. The Bertz CT molecular complexity index is 174. The molecular weight excluding hydrogens is 170 g/mol. The van der Waals surface area contributed by atoms with Gasteiger partial charge in [0, 0.05) is 0 Å². The molecular formula is C9H17NO3. The monoisotopic (exact) mass is 187 g/mol. The lowest BCUT2D eigenvalue weighted by Crippen LogP contribution is -2.40. The van der Waals surface area contributed by atoms with Crippen molar-refractivity contribution < 1.29 is 14.3 Å². The minimum atomic E-state index is -0.410. The number of ether oxygens (including phenoxy) is 2. The Labute approximate surface area is 78.4 Å². The number of amides is 1. The van der Waals surface area contributed by atoms with E-state index in [0.29, 0.717) is 13.0 Å². The average Bonchev–Trinajstić information content (AvgIpc) is 2.04. The molecule has 0 saturated carbocycles. The van der Waals surface area contributed by atoms with E-state index in [1.54, 1.807) is 0 Å². The third kappa shape index (κ3) is 3.32. The number of carbonyl (C=O) groups excluding carboxylic acids is 1. The van der Waals surface area contributed by atoms with E-state index in [2.05, 4.69) is 0 Å². The largest absolute Gasteiger partial charge is 0.373 e. The number of hydrogen-bond acceptors (Lipinski definition) is 3. The molecule has 0 radical (unpaired) electrons. The van der Waals surface area contributed by atoms with Crippen molar-refractivity contribution in [2.24, 2.45) is 5.73 Å². The van der Waals surface area contributed by atoms with E-state index >= 15 is 0 Å². The first-order chi connectivity index (χ1) is 6.09. The highest BCUT2D eigenvalue weighted by molar-refractivity contribution is 5.78. The third-order valence-electron chi connectivity index (χ3n) is 2.02. The lowest BCUT2D eigenvalue weighted by Gasteiger charge is -2.28. The Morgan fingerprint density at radius 2 is 2.23 bits per heavy atom. The van der Waals surface area contributed by atoms with E-state index < -0.39 is 6.10 Å². The number of primary amides is 1. The zero-order chi connectivity index (χ0) is 9.84. The third-order valence-corrected chi connectivity index (χ3v) is 2.02. The number of nitrogens with two attached hydrogens (primary N) is 1. The summed E-state index contributed by atoms with van der Waals surface area (Å²) in [7, 11) is 0. The van der Waals surface area contributed by atoms with Gasteiger partial charge in [0.15, 0.2) is 0 Å². The van der Waals surface area contributed by atoms with Crippen molar-refractivity contribution in [2.75, 3.05) is 6.61 Å². The average molecular weight is 187 g/mol. The first-order valence-electron chi connectivity index (χ1n) is 4.66. The van der Waals surface area contributed by atoms with E-state index in [-0.39, 0.29) is 18.1 Å². The molecule has 1 aliphatic rings. The molecule has 0 aromatic rings. The van der Waals surface area contributed by atoms with Crippen LogP contribution in [-0.2, 0) is 14.3 Å². The van der Waals surface area contributed by atoms with Crippen LogP contribution >= 0.6 is 0 Å². The van der Waals surface area contributed by atoms with Crippen LogP contribution in [0.3, 0.4) is 0 Å². The highest BCUT2D eigenvalue weighted by atomic mass is 16.5. The molecule has 2 atom stereocenters. The fourth-order valence-corrected chi connectivity index (χ4v) is 1.44. The number of rotatable bonds is 3. The molecule has 0 aromatic carbocycles. The summed E-state index contributed by atoms with van der Waals surface area (Å²) < 4.78 is 10.8. The van der Waals surface area contributed by atoms with Gasteiger partial charge in [0.2, 0.25) is 5.91 Å². The van der Waals surface area contributed by atoms with Crippen molar-refractivity contribution in [3.05, 3.63) is 0 Å². The van der Waals surface area contributed by atoms with Crippen molar-refractivity contribution in [3.8, 4) is 0 Å². The molecule has 76 valence electrons. The summed E-state index contributed by atoms with van der Waals surface area (Å²) in [6.07, 6.45) is 1.44. The Kier molecular flexibility index (Phi) is 3.69. The van der Waals surface area contributed by atoms with Gasteiger partial charge in [-0.15, -0.1) is 0 Å². The van der Waals surface area contributed by atoms with Crippen LogP contribution in [0, 0.1) is 0 Å². The van der Waals surface area contributed by atoms with Crippen molar-refractivity contribution in [1.82, 2.24) is 0 Å². The van der Waals surface area contributed by atoms with E-state index in [1.807, 2.05) is 13.8 Å². The Balaban J connectivity index is 2.26. The second-order valence-corrected chi connectivity index (χ2v) is 3.61. The molecule has 13 heavy (non-hydrogen) atoms. The van der Waals surface area contributed by atoms with Crippen LogP contribution in [-0.4, -0.2) is 30.8 Å². The summed E-state index contributed by atoms with van der Waals surface area (Å²) in [6, 6.07) is 0. The van der Waals surface area contributed by atoms with Gasteiger partial charge in [-0.3, -0.25) is 4.79 Å². The molecule has 1 saturated heterocycles. The molecule has 2 unspecified atom stereocenters. The molecule has 1 aliphatic heterocycles. The Morgan fingerprint density at radius 1 is 1.54 bits per heavy atom. The summed E-state index contributed by atoms with van der Waals surface area (Å²) in [6.45, 7) is 4.45. The van der Waals surface area contributed by atoms with Crippen molar-refractivity contribution in [2.45, 2.75) is 45.0 Å². The highest BCUT2D eigenvalue weighted by Crippen LogP contribution is 2.16. The summed E-state index contributed by atoms with van der Waals surface area (Å²) in [5.41, 5.74) is 5.11. The molecule has 1 fully saturated rings. The van der Waals surface area contributed by atoms with E-state index in [1.165, 1.54) is 0 Å². The predicted molar refractivity (Wildman–Crippen MR) is 48.2 cm³/mol. The van der Waals surface area contributed by atoms with Gasteiger partial charge < -0.3 is 15.2 Å². The molecule has 0 bridgehead atoms. The quantitative estimate of drug-likeness (QED) is 0.697. The SMILES string of the molecule is CC(C)OC1CCC(C(N)=O)OC1. The highest BCUT2D eigenvalue weighted by Gasteiger charge is 2.25. The Hall–Kier alpha value is -0.610. The Morgan fingerprint density at radius 3 is 2.62 bits per heavy atom. The zero-order valence-corrected chi connectivity index (χ0v) is 8.16. The van der Waals surface area contributed by atoms with Gasteiger partial charge in [-0.05, 0) is 26.7 Å². The fraction of sp³-hybridized carbons (Fsp3) is 0.889. The maximum atomic E-state index is 10.7. The van der Waals surface area contributed by atoms with Crippen LogP contribution in [0.25, 0.3) is 0 Å². The summed E-state index contributed by atoms with van der Waals surface area (Å²) in [5.74, 6) is -0.372. The topological polar surface area (TPSA) is 61.5 Å². The predicted octanol–water partition coefficient (Wildman–Crippen LogP) is 0.444. The van der Waals surface area contributed by atoms with Gasteiger partial charge in [-0.2, -0.15) is 0 Å². The van der Waals surface area contributed by atoms with Crippen molar-refractivity contribution in [3.63, 3.8) is 0 Å². The first-order valence-corrected chi connectivity index (χ1v) is 4.66. The van der Waals surface area contributed by atoms with Gasteiger partial charge in [0.1, 0.15) is 6.10 Å². The smallest absolute Gasteiger partial charge is 0.246 e. The molecule has 0 spiro atoms. The van der Waals surface area contributed by atoms with Crippen molar-refractivity contribution >= 4 is 5.91 Å². The summed E-state index contributed by atoms with van der Waals surface area (Å²) >= 11 is 0. The lowest BCUT2D eigenvalue weighted by atomic mass is 10.1. The molecule has 4 nitrogen and oxygen atoms in total. The van der Waals surface area contributed by atoms with E-state index in [0.717, 1.165) is 6.42 Å². The molecule has 2 N–H and O–H groups in total. The molecule has 1 rings (SSSR count). The van der Waals surface area contributed by atoms with Gasteiger partial charge in [0.25, 0.3) is 0 Å². The van der Waals surface area contributed by atoms with Gasteiger partial charge >= 0.3 is 0 Å². The summed E-state index contributed by atoms with van der Waals surface area (Å²) in [5, 5.41) is 0. The van der Waals surface area contributed by atoms with Gasteiger partial charge in [0.05, 0.1) is 18.8 Å². The van der Waals surface area contributed by atoms with Crippen LogP contribution in [0.4, 0.5) is 0 Å². The minimum absolute atomic E-state index is 0.121. The number of carbonyl (C=O) groups is 1. The van der Waals surface area contributed by atoms with Crippen LogP contribution in [0.5, 0.6) is 0 Å².